The molecule has 0 unspecified atom stereocenters. The molecule has 0 atom stereocenters. The van der Waals surface area contributed by atoms with Gasteiger partial charge in [0.25, 0.3) is 5.91 Å². The highest BCUT2D eigenvalue weighted by Crippen LogP contribution is 2.16. The minimum absolute atomic E-state index is 0.0828. The van der Waals surface area contributed by atoms with E-state index in [1.165, 1.54) is 0 Å². The second-order valence-electron chi connectivity index (χ2n) is 6.84. The Morgan fingerprint density at radius 3 is 2.13 bits per heavy atom. The van der Waals surface area contributed by atoms with Gasteiger partial charge in [0.15, 0.2) is 12.4 Å². The van der Waals surface area contributed by atoms with Crippen LogP contribution in [0.3, 0.4) is 0 Å². The van der Waals surface area contributed by atoms with Crippen LogP contribution in [0.5, 0.6) is 5.75 Å². The fraction of sp³-hybridized carbons (Fsp3) is 0.160. The number of benzene rings is 3. The van der Waals surface area contributed by atoms with E-state index in [4.69, 9.17) is 4.74 Å². The van der Waals surface area contributed by atoms with Crippen molar-refractivity contribution in [1.29, 1.82) is 0 Å². The van der Waals surface area contributed by atoms with Gasteiger partial charge in [0.05, 0.1) is 6.54 Å². The monoisotopic (exact) mass is 416 g/mol. The largest absolute Gasteiger partial charge is 0.484 e. The van der Waals surface area contributed by atoms with E-state index < -0.39 is 5.91 Å². The topological polar surface area (TPSA) is 84.5 Å². The SMILES string of the molecule is CCc1ccccc1NC(=O)CNC(=O)COc1ccc(C(=O)c2ccccc2)cc1. The van der Waals surface area contributed by atoms with Crippen molar-refractivity contribution in [3.8, 4) is 5.75 Å². The molecule has 0 heterocycles. The third kappa shape index (κ3) is 6.27. The summed E-state index contributed by atoms with van der Waals surface area (Å²) in [4.78, 5) is 36.5. The summed E-state index contributed by atoms with van der Waals surface area (Å²) in [6.45, 7) is 1.63. The number of hydrogen-bond acceptors (Lipinski definition) is 4. The Morgan fingerprint density at radius 1 is 0.774 bits per heavy atom. The van der Waals surface area contributed by atoms with E-state index in [-0.39, 0.29) is 24.8 Å². The van der Waals surface area contributed by atoms with Crippen LogP contribution in [0.25, 0.3) is 0 Å². The van der Waals surface area contributed by atoms with Crippen LogP contribution in [0, 0.1) is 0 Å². The first-order chi connectivity index (χ1) is 15.1. The Bertz CT molecular complexity index is 1050. The molecule has 0 aliphatic heterocycles. The number of nitrogens with one attached hydrogen (secondary N) is 2. The first kappa shape index (κ1) is 21.8. The first-order valence-electron chi connectivity index (χ1n) is 10.0. The molecule has 0 fully saturated rings. The summed E-state index contributed by atoms with van der Waals surface area (Å²) in [5, 5.41) is 5.33. The van der Waals surface area contributed by atoms with E-state index >= 15 is 0 Å². The molecule has 0 saturated carbocycles. The number of rotatable bonds is 9. The summed E-state index contributed by atoms with van der Waals surface area (Å²) in [6, 6.07) is 23.1. The number of anilines is 1. The third-order valence-corrected chi connectivity index (χ3v) is 4.64. The van der Waals surface area contributed by atoms with Crippen molar-refractivity contribution < 1.29 is 19.1 Å². The van der Waals surface area contributed by atoms with E-state index in [2.05, 4.69) is 10.6 Å². The fourth-order valence-electron chi connectivity index (χ4n) is 2.98. The lowest BCUT2D eigenvalue weighted by atomic mass is 10.0. The van der Waals surface area contributed by atoms with Crippen LogP contribution in [-0.4, -0.2) is 30.7 Å². The molecule has 2 amide bonds. The van der Waals surface area contributed by atoms with Crippen molar-refractivity contribution in [2.24, 2.45) is 0 Å². The van der Waals surface area contributed by atoms with Crippen LogP contribution in [0.1, 0.15) is 28.4 Å². The second kappa shape index (κ2) is 10.7. The molecular weight excluding hydrogens is 392 g/mol. The van der Waals surface area contributed by atoms with Crippen LogP contribution in [0.15, 0.2) is 78.9 Å². The minimum Gasteiger partial charge on any atom is -0.484 e. The van der Waals surface area contributed by atoms with Crippen LogP contribution in [-0.2, 0) is 16.0 Å². The summed E-state index contributed by atoms with van der Waals surface area (Å²) < 4.78 is 5.44. The fourth-order valence-corrected chi connectivity index (χ4v) is 2.98. The number of para-hydroxylation sites is 1. The molecule has 0 aliphatic carbocycles. The quantitative estimate of drug-likeness (QED) is 0.522. The molecule has 158 valence electrons. The first-order valence-corrected chi connectivity index (χ1v) is 10.0. The average molecular weight is 416 g/mol. The maximum Gasteiger partial charge on any atom is 0.258 e. The third-order valence-electron chi connectivity index (χ3n) is 4.64. The highest BCUT2D eigenvalue weighted by molar-refractivity contribution is 6.09. The normalized spacial score (nSPS) is 10.2. The van der Waals surface area contributed by atoms with Gasteiger partial charge in [-0.05, 0) is 42.3 Å². The number of hydrogen-bond donors (Lipinski definition) is 2. The Morgan fingerprint density at radius 2 is 1.42 bits per heavy atom. The number of ketones is 1. The average Bonchev–Trinajstić information content (AvgIpc) is 2.82. The number of amides is 2. The van der Waals surface area contributed by atoms with E-state index in [1.54, 1.807) is 36.4 Å². The standard InChI is InChI=1S/C25H24N2O4/c1-2-18-8-6-7-11-22(18)27-23(28)16-26-24(29)17-31-21-14-12-20(13-15-21)25(30)19-9-4-3-5-10-19/h3-15H,2,16-17H2,1H3,(H,26,29)(H,27,28). The molecule has 2 N–H and O–H groups in total. The number of carbonyl (C=O) groups is 3. The molecule has 0 aliphatic rings. The van der Waals surface area contributed by atoms with E-state index in [0.29, 0.717) is 16.9 Å². The molecule has 0 saturated heterocycles. The summed E-state index contributed by atoms with van der Waals surface area (Å²) in [5.74, 6) is -0.344. The molecule has 0 aromatic heterocycles. The van der Waals surface area contributed by atoms with E-state index in [0.717, 1.165) is 17.7 Å². The van der Waals surface area contributed by atoms with Gasteiger partial charge in [0.2, 0.25) is 5.91 Å². The smallest absolute Gasteiger partial charge is 0.258 e. The maximum atomic E-state index is 12.4. The van der Waals surface area contributed by atoms with Crippen LogP contribution in [0.2, 0.25) is 0 Å². The van der Waals surface area contributed by atoms with Gasteiger partial charge in [-0.25, -0.2) is 0 Å². The number of ether oxygens (including phenoxy) is 1. The number of carbonyl (C=O) groups excluding carboxylic acids is 3. The molecular formula is C25H24N2O4. The van der Waals surface area contributed by atoms with Crippen molar-refractivity contribution >= 4 is 23.3 Å². The predicted molar refractivity (Wildman–Crippen MR) is 119 cm³/mol. The molecule has 0 bridgehead atoms. The van der Waals surface area contributed by atoms with Crippen molar-refractivity contribution in [3.63, 3.8) is 0 Å². The molecule has 3 rings (SSSR count). The van der Waals surface area contributed by atoms with E-state index in [9.17, 15) is 14.4 Å². The Labute approximate surface area is 181 Å². The summed E-state index contributed by atoms with van der Waals surface area (Å²) in [7, 11) is 0. The zero-order chi connectivity index (χ0) is 22.1. The van der Waals surface area contributed by atoms with Gasteiger partial charge < -0.3 is 15.4 Å². The lowest BCUT2D eigenvalue weighted by Crippen LogP contribution is -2.35. The highest BCUT2D eigenvalue weighted by Gasteiger charge is 2.10. The Balaban J connectivity index is 1.44. The zero-order valence-corrected chi connectivity index (χ0v) is 17.3. The second-order valence-corrected chi connectivity index (χ2v) is 6.84. The van der Waals surface area contributed by atoms with Crippen molar-refractivity contribution in [2.45, 2.75) is 13.3 Å². The molecule has 6 heteroatoms. The Kier molecular flexibility index (Phi) is 7.54. The lowest BCUT2D eigenvalue weighted by molar-refractivity contribution is -0.125. The summed E-state index contributed by atoms with van der Waals surface area (Å²) in [6.07, 6.45) is 0.798. The van der Waals surface area contributed by atoms with E-state index in [1.807, 2.05) is 49.4 Å². The Hall–Kier alpha value is -3.93. The minimum atomic E-state index is -0.414. The van der Waals surface area contributed by atoms with Gasteiger partial charge in [0, 0.05) is 16.8 Å². The molecule has 6 nitrogen and oxygen atoms in total. The van der Waals surface area contributed by atoms with Gasteiger partial charge in [-0.3, -0.25) is 14.4 Å². The molecule has 0 spiro atoms. The predicted octanol–water partition coefficient (Wildman–Crippen LogP) is 3.61. The van der Waals surface area contributed by atoms with Gasteiger partial charge in [-0.2, -0.15) is 0 Å². The lowest BCUT2D eigenvalue weighted by Gasteiger charge is -2.11. The summed E-state index contributed by atoms with van der Waals surface area (Å²) >= 11 is 0. The van der Waals surface area contributed by atoms with Crippen molar-refractivity contribution in [3.05, 3.63) is 95.6 Å². The van der Waals surface area contributed by atoms with Crippen LogP contribution >= 0.6 is 0 Å². The molecule has 3 aromatic rings. The highest BCUT2D eigenvalue weighted by atomic mass is 16.5. The maximum absolute atomic E-state index is 12.4. The number of aryl methyl sites for hydroxylation is 1. The van der Waals surface area contributed by atoms with Gasteiger partial charge in [0.1, 0.15) is 5.75 Å². The van der Waals surface area contributed by atoms with Crippen LogP contribution in [0.4, 0.5) is 5.69 Å². The van der Waals surface area contributed by atoms with Gasteiger partial charge in [-0.1, -0.05) is 55.5 Å². The van der Waals surface area contributed by atoms with Gasteiger partial charge >= 0.3 is 0 Å². The van der Waals surface area contributed by atoms with Crippen molar-refractivity contribution in [2.75, 3.05) is 18.5 Å². The van der Waals surface area contributed by atoms with Crippen LogP contribution < -0.4 is 15.4 Å². The molecule has 0 radical (unpaired) electrons. The van der Waals surface area contributed by atoms with Crippen molar-refractivity contribution in [1.82, 2.24) is 5.32 Å². The van der Waals surface area contributed by atoms with Gasteiger partial charge in [-0.15, -0.1) is 0 Å². The molecule has 31 heavy (non-hydrogen) atoms. The molecule has 3 aromatic carbocycles. The summed E-state index contributed by atoms with van der Waals surface area (Å²) in [5.41, 5.74) is 2.91. The zero-order valence-electron chi connectivity index (χ0n) is 17.3.